The molecule has 5 heteroatoms. The number of carbonyl (C=O) groups excluding carboxylic acids is 1. The highest BCUT2D eigenvalue weighted by atomic mass is 127. The predicted octanol–water partition coefficient (Wildman–Crippen LogP) is 0.968. The summed E-state index contributed by atoms with van der Waals surface area (Å²) in [5, 5.41) is 8.77. The Hall–Kier alpha value is -0.590. The molecule has 1 unspecified atom stereocenters. The zero-order chi connectivity index (χ0) is 8.88. The number of hydrogen-bond acceptors (Lipinski definition) is 2. The third kappa shape index (κ3) is 1.34. The molecule has 1 fully saturated rings. The number of hydrogen-bond donors (Lipinski definition) is 1. The summed E-state index contributed by atoms with van der Waals surface area (Å²) in [6.07, 6.45) is 1.24. The Morgan fingerprint density at radius 1 is 1.54 bits per heavy atom. The zero-order valence-corrected chi connectivity index (χ0v) is 9.44. The number of fused-ring (bicyclic) bond motifs is 1. The van der Waals surface area contributed by atoms with E-state index < -0.39 is 5.97 Å². The first-order chi connectivity index (χ1) is 5.61. The highest BCUT2D eigenvalue weighted by molar-refractivity contribution is 14.0. The van der Waals surface area contributed by atoms with E-state index in [1.807, 2.05) is 0 Å². The second kappa shape index (κ2) is 3.28. The monoisotopic (exact) mass is 295 g/mol. The summed E-state index contributed by atoms with van der Waals surface area (Å²) in [5.41, 5.74) is 1.02. The largest absolute Gasteiger partial charge is 0.477 e. The van der Waals surface area contributed by atoms with Crippen molar-refractivity contribution < 1.29 is 14.7 Å². The van der Waals surface area contributed by atoms with Crippen molar-refractivity contribution in [2.75, 3.05) is 0 Å². The molecular formula is C8H10INO3. The van der Waals surface area contributed by atoms with Gasteiger partial charge in [0.15, 0.2) is 0 Å². The normalized spacial score (nSPS) is 25.2. The summed E-state index contributed by atoms with van der Waals surface area (Å²) in [7, 11) is 0. The van der Waals surface area contributed by atoms with Gasteiger partial charge in [-0.15, -0.1) is 24.0 Å². The summed E-state index contributed by atoms with van der Waals surface area (Å²) in [6, 6.07) is 0.142. The molecule has 2 aliphatic rings. The number of nitrogens with zero attached hydrogens (tertiary/aromatic N) is 1. The van der Waals surface area contributed by atoms with Crippen LogP contribution >= 0.6 is 24.0 Å². The number of rotatable bonds is 1. The van der Waals surface area contributed by atoms with E-state index in [2.05, 4.69) is 0 Å². The standard InChI is InChI=1S/C8H9NO3.HI/c1-4-2-5-3-6(10)9(5)7(4)8(11)12;/h5H,2-3H2,1H3,(H,11,12);1H. The summed E-state index contributed by atoms with van der Waals surface area (Å²) in [6.45, 7) is 1.77. The molecular weight excluding hydrogens is 285 g/mol. The van der Waals surface area contributed by atoms with Crippen LogP contribution in [-0.2, 0) is 9.59 Å². The third-order valence-electron chi connectivity index (χ3n) is 2.43. The number of amides is 1. The molecule has 2 rings (SSSR count). The summed E-state index contributed by atoms with van der Waals surface area (Å²) >= 11 is 0. The first-order valence-corrected chi connectivity index (χ1v) is 3.86. The second-order valence-corrected chi connectivity index (χ2v) is 3.26. The Labute approximate surface area is 92.6 Å². The first-order valence-electron chi connectivity index (χ1n) is 3.86. The molecule has 1 atom stereocenters. The minimum atomic E-state index is -0.983. The summed E-state index contributed by atoms with van der Waals surface area (Å²) in [4.78, 5) is 23.1. The lowest BCUT2D eigenvalue weighted by molar-refractivity contribution is -0.147. The fourth-order valence-electron chi connectivity index (χ4n) is 1.89. The summed E-state index contributed by atoms with van der Waals surface area (Å²) < 4.78 is 0. The van der Waals surface area contributed by atoms with Gasteiger partial charge < -0.3 is 10.0 Å². The van der Waals surface area contributed by atoms with Gasteiger partial charge in [-0.2, -0.15) is 0 Å². The lowest BCUT2D eigenvalue weighted by atomic mass is 10.0. The van der Waals surface area contributed by atoms with Gasteiger partial charge in [0.1, 0.15) is 5.70 Å². The topological polar surface area (TPSA) is 57.6 Å². The van der Waals surface area contributed by atoms with Crippen molar-refractivity contribution in [1.29, 1.82) is 0 Å². The molecule has 0 aromatic rings. The molecule has 2 heterocycles. The van der Waals surface area contributed by atoms with Crippen molar-refractivity contribution >= 4 is 35.9 Å². The number of β-lactam (4-membered cyclic amide) rings is 1. The van der Waals surface area contributed by atoms with Crippen molar-refractivity contribution in [2.24, 2.45) is 0 Å². The quantitative estimate of drug-likeness (QED) is 0.579. The molecule has 72 valence electrons. The van der Waals surface area contributed by atoms with Crippen molar-refractivity contribution in [3.63, 3.8) is 0 Å². The number of carboxylic acids is 1. The summed E-state index contributed by atoms with van der Waals surface area (Å²) in [5.74, 6) is -1.04. The fraction of sp³-hybridized carbons (Fsp3) is 0.500. The van der Waals surface area contributed by atoms with Crippen LogP contribution in [-0.4, -0.2) is 27.9 Å². The molecule has 1 N–H and O–H groups in total. The molecule has 13 heavy (non-hydrogen) atoms. The molecule has 2 aliphatic heterocycles. The van der Waals surface area contributed by atoms with Gasteiger partial charge in [0.2, 0.25) is 5.91 Å². The lowest BCUT2D eigenvalue weighted by Gasteiger charge is -2.35. The van der Waals surface area contributed by atoms with Gasteiger partial charge in [0.05, 0.1) is 0 Å². The fourth-order valence-corrected chi connectivity index (χ4v) is 1.89. The van der Waals surface area contributed by atoms with E-state index in [9.17, 15) is 9.59 Å². The van der Waals surface area contributed by atoms with Gasteiger partial charge in [0, 0.05) is 12.5 Å². The van der Waals surface area contributed by atoms with Crippen LogP contribution in [0.4, 0.5) is 0 Å². The van der Waals surface area contributed by atoms with E-state index in [0.717, 1.165) is 12.0 Å². The first kappa shape index (κ1) is 10.5. The van der Waals surface area contributed by atoms with E-state index in [-0.39, 0.29) is 41.6 Å². The average Bonchev–Trinajstić information content (AvgIpc) is 2.22. The van der Waals surface area contributed by atoms with E-state index in [0.29, 0.717) is 6.42 Å². The van der Waals surface area contributed by atoms with Crippen LogP contribution in [0.15, 0.2) is 11.3 Å². The van der Waals surface area contributed by atoms with Crippen LogP contribution in [0, 0.1) is 0 Å². The van der Waals surface area contributed by atoms with Crippen molar-refractivity contribution in [3.05, 3.63) is 11.3 Å². The maximum absolute atomic E-state index is 11.0. The number of halogens is 1. The molecule has 0 aromatic heterocycles. The SMILES string of the molecule is CC1=C(C(=O)O)N2C(=O)CC2C1.I. The number of carbonyl (C=O) groups is 2. The number of aliphatic carboxylic acids is 1. The van der Waals surface area contributed by atoms with Crippen LogP contribution in [0.25, 0.3) is 0 Å². The minimum absolute atomic E-state index is 0. The van der Waals surface area contributed by atoms with Gasteiger partial charge >= 0.3 is 5.97 Å². The van der Waals surface area contributed by atoms with E-state index in [1.165, 1.54) is 4.90 Å². The molecule has 1 amide bonds. The van der Waals surface area contributed by atoms with Crippen LogP contribution in [0.1, 0.15) is 19.8 Å². The highest BCUT2D eigenvalue weighted by Gasteiger charge is 2.46. The van der Waals surface area contributed by atoms with E-state index >= 15 is 0 Å². The molecule has 0 aromatic carbocycles. The Morgan fingerprint density at radius 3 is 2.54 bits per heavy atom. The predicted molar refractivity (Wildman–Crippen MR) is 55.6 cm³/mol. The zero-order valence-electron chi connectivity index (χ0n) is 7.11. The Morgan fingerprint density at radius 2 is 2.15 bits per heavy atom. The third-order valence-corrected chi connectivity index (χ3v) is 2.43. The Balaban J connectivity index is 0.000000845. The van der Waals surface area contributed by atoms with Gasteiger partial charge in [-0.25, -0.2) is 4.79 Å². The van der Waals surface area contributed by atoms with E-state index in [4.69, 9.17) is 5.11 Å². The van der Waals surface area contributed by atoms with Gasteiger partial charge in [-0.1, -0.05) is 0 Å². The molecule has 4 nitrogen and oxygen atoms in total. The highest BCUT2D eigenvalue weighted by Crippen LogP contribution is 2.37. The van der Waals surface area contributed by atoms with Crippen LogP contribution < -0.4 is 0 Å². The smallest absolute Gasteiger partial charge is 0.352 e. The van der Waals surface area contributed by atoms with Gasteiger partial charge in [0.25, 0.3) is 0 Å². The minimum Gasteiger partial charge on any atom is -0.477 e. The molecule has 0 saturated carbocycles. The van der Waals surface area contributed by atoms with Crippen LogP contribution in [0.2, 0.25) is 0 Å². The maximum Gasteiger partial charge on any atom is 0.352 e. The second-order valence-electron chi connectivity index (χ2n) is 3.26. The van der Waals surface area contributed by atoms with Gasteiger partial charge in [-0.05, 0) is 18.9 Å². The molecule has 1 saturated heterocycles. The molecule has 0 aliphatic carbocycles. The van der Waals surface area contributed by atoms with E-state index in [1.54, 1.807) is 6.92 Å². The molecule has 0 radical (unpaired) electrons. The van der Waals surface area contributed by atoms with Crippen molar-refractivity contribution in [2.45, 2.75) is 25.8 Å². The molecule has 0 spiro atoms. The number of carboxylic acid groups (broad SMARTS) is 1. The Bertz CT molecular complexity index is 311. The lowest BCUT2D eigenvalue weighted by Crippen LogP contribution is -2.49. The maximum atomic E-state index is 11.0. The van der Waals surface area contributed by atoms with Crippen LogP contribution in [0.3, 0.4) is 0 Å². The van der Waals surface area contributed by atoms with Crippen molar-refractivity contribution in [3.8, 4) is 0 Å². The van der Waals surface area contributed by atoms with Crippen LogP contribution in [0.5, 0.6) is 0 Å². The average molecular weight is 295 g/mol. The van der Waals surface area contributed by atoms with Gasteiger partial charge in [-0.3, -0.25) is 4.79 Å². The van der Waals surface area contributed by atoms with Crippen molar-refractivity contribution in [1.82, 2.24) is 4.90 Å². The Kier molecular flexibility index (Phi) is 2.65. The molecule has 0 bridgehead atoms.